The third-order valence-corrected chi connectivity index (χ3v) is 10.1. The molecule has 0 bridgehead atoms. The molecule has 7 nitrogen and oxygen atoms in total. The molecule has 2 aromatic carbocycles. The maximum atomic E-state index is 13.0. The van der Waals surface area contributed by atoms with E-state index in [1.165, 1.54) is 42.3 Å². The molecule has 2 fully saturated rings. The van der Waals surface area contributed by atoms with E-state index in [4.69, 9.17) is 14.6 Å². The first-order valence-electron chi connectivity index (χ1n) is 12.6. The molecule has 0 aromatic heterocycles. The molecule has 0 unspecified atom stereocenters. The van der Waals surface area contributed by atoms with Crippen molar-refractivity contribution in [3.8, 4) is 5.75 Å². The molecule has 36 heavy (non-hydrogen) atoms. The van der Waals surface area contributed by atoms with Gasteiger partial charge in [-0.15, -0.1) is 0 Å². The number of sulfonamides is 1. The van der Waals surface area contributed by atoms with Crippen LogP contribution in [0.25, 0.3) is 0 Å². The zero-order chi connectivity index (χ0) is 25.9. The van der Waals surface area contributed by atoms with Gasteiger partial charge in [-0.25, -0.2) is 18.4 Å². The second kappa shape index (κ2) is 8.70. The number of esters is 2. The first-order valence-corrected chi connectivity index (χ1v) is 14.1. The van der Waals surface area contributed by atoms with Crippen LogP contribution in [0.1, 0.15) is 80.3 Å². The van der Waals surface area contributed by atoms with Gasteiger partial charge in [0.15, 0.2) is 0 Å². The summed E-state index contributed by atoms with van der Waals surface area (Å²) >= 11 is 0. The highest BCUT2D eigenvalue weighted by Crippen LogP contribution is 2.67. The summed E-state index contributed by atoms with van der Waals surface area (Å²) in [4.78, 5) is 24.3. The largest absolute Gasteiger partial charge is 0.458 e. The number of rotatable bonds is 4. The van der Waals surface area contributed by atoms with Gasteiger partial charge >= 0.3 is 11.9 Å². The van der Waals surface area contributed by atoms with Crippen molar-refractivity contribution >= 4 is 22.0 Å². The smallest absolute Gasteiger partial charge is 0.338 e. The normalized spacial score (nSPS) is 31.1. The van der Waals surface area contributed by atoms with E-state index < -0.39 is 16.0 Å². The van der Waals surface area contributed by atoms with Gasteiger partial charge in [0.2, 0.25) is 10.0 Å². The number of hydrogen-bond donors (Lipinski definition) is 1. The van der Waals surface area contributed by atoms with Crippen LogP contribution in [0.15, 0.2) is 47.4 Å². The number of carbonyl (C=O) groups excluding carboxylic acids is 2. The number of fused-ring (bicyclic) bond motifs is 5. The summed E-state index contributed by atoms with van der Waals surface area (Å²) in [6, 6.07) is 11.6. The summed E-state index contributed by atoms with van der Waals surface area (Å²) in [6.45, 7) is 6.09. The highest BCUT2D eigenvalue weighted by atomic mass is 32.2. The predicted octanol–water partition coefficient (Wildman–Crippen LogP) is 4.73. The van der Waals surface area contributed by atoms with Crippen molar-refractivity contribution in [3.05, 3.63) is 59.2 Å². The number of hydrogen-bond acceptors (Lipinski definition) is 6. The van der Waals surface area contributed by atoms with Crippen LogP contribution in [0.3, 0.4) is 0 Å². The van der Waals surface area contributed by atoms with Gasteiger partial charge in [0, 0.05) is 12.3 Å². The molecule has 0 heterocycles. The fraction of sp³-hybridized carbons (Fsp3) is 0.500. The lowest BCUT2D eigenvalue weighted by atomic mass is 9.48. The van der Waals surface area contributed by atoms with E-state index >= 15 is 0 Å². The predicted molar refractivity (Wildman–Crippen MR) is 134 cm³/mol. The molecule has 3 aliphatic rings. The Morgan fingerprint density at radius 2 is 1.69 bits per heavy atom. The van der Waals surface area contributed by atoms with Gasteiger partial charge in [-0.1, -0.05) is 19.9 Å². The monoisotopic (exact) mass is 511 g/mol. The molecule has 192 valence electrons. The van der Waals surface area contributed by atoms with Gasteiger partial charge in [0.25, 0.3) is 0 Å². The summed E-state index contributed by atoms with van der Waals surface area (Å²) in [6.07, 6.45) is 5.61. The number of benzene rings is 2. The zero-order valence-electron chi connectivity index (χ0n) is 21.0. The van der Waals surface area contributed by atoms with E-state index in [1.807, 2.05) is 12.1 Å². The summed E-state index contributed by atoms with van der Waals surface area (Å²) in [5.74, 6) is 0.715. The Morgan fingerprint density at radius 1 is 0.972 bits per heavy atom. The molecule has 2 saturated carbocycles. The maximum Gasteiger partial charge on any atom is 0.338 e. The van der Waals surface area contributed by atoms with Crippen LogP contribution >= 0.6 is 0 Å². The molecular formula is C28H33NO6S. The van der Waals surface area contributed by atoms with Gasteiger partial charge in [-0.05, 0) is 103 Å². The molecule has 0 spiro atoms. The summed E-state index contributed by atoms with van der Waals surface area (Å²) in [7, 11) is -3.81. The highest BCUT2D eigenvalue weighted by Gasteiger charge is 2.61. The van der Waals surface area contributed by atoms with Crippen molar-refractivity contribution in [2.24, 2.45) is 21.9 Å². The third-order valence-electron chi connectivity index (χ3n) is 9.17. The lowest BCUT2D eigenvalue weighted by molar-refractivity contribution is -0.131. The summed E-state index contributed by atoms with van der Waals surface area (Å²) in [5, 5.41) is 5.16. The van der Waals surface area contributed by atoms with Crippen LogP contribution in [-0.4, -0.2) is 26.5 Å². The van der Waals surface area contributed by atoms with Crippen molar-refractivity contribution in [2.75, 3.05) is 0 Å². The molecule has 3 aliphatic carbocycles. The quantitative estimate of drug-likeness (QED) is 0.469. The first-order chi connectivity index (χ1) is 16.9. The second-order valence-electron chi connectivity index (χ2n) is 11.2. The molecule has 5 atom stereocenters. The van der Waals surface area contributed by atoms with Crippen LogP contribution in [0.2, 0.25) is 0 Å². The van der Waals surface area contributed by atoms with E-state index in [0.29, 0.717) is 23.1 Å². The van der Waals surface area contributed by atoms with Crippen LogP contribution in [-0.2, 0) is 26.0 Å². The Bertz CT molecular complexity index is 1320. The van der Waals surface area contributed by atoms with Crippen LogP contribution in [0, 0.1) is 16.7 Å². The number of nitrogens with two attached hydrogens (primary N) is 1. The van der Waals surface area contributed by atoms with Gasteiger partial charge < -0.3 is 9.47 Å². The van der Waals surface area contributed by atoms with Gasteiger partial charge in [0.1, 0.15) is 11.9 Å². The third kappa shape index (κ3) is 4.14. The molecule has 0 amide bonds. The Kier molecular flexibility index (Phi) is 6.03. The number of carbonyl (C=O) groups is 2. The van der Waals surface area contributed by atoms with Crippen molar-refractivity contribution in [2.45, 2.75) is 76.2 Å². The SMILES string of the molecule is CC(=O)Oc1ccc2c(c1)CC[C@@]1(C)[C@@H]3CC[C@H](OC(=O)c4ccc(S(N)(=O)=O)cc4)[C@@]3(C)CC[C@H]21. The van der Waals surface area contributed by atoms with Gasteiger partial charge in [-0.2, -0.15) is 0 Å². The lowest BCUT2D eigenvalue weighted by Crippen LogP contribution is -2.50. The average Bonchev–Trinajstić information content (AvgIpc) is 3.15. The maximum absolute atomic E-state index is 13.0. The van der Waals surface area contributed by atoms with E-state index in [9.17, 15) is 18.0 Å². The minimum atomic E-state index is -3.81. The fourth-order valence-electron chi connectivity index (χ4n) is 7.45. The second-order valence-corrected chi connectivity index (χ2v) is 12.7. The van der Waals surface area contributed by atoms with Crippen LogP contribution in [0.4, 0.5) is 0 Å². The Labute approximate surface area is 212 Å². The zero-order valence-corrected chi connectivity index (χ0v) is 21.8. The topological polar surface area (TPSA) is 113 Å². The van der Waals surface area contributed by atoms with Crippen LogP contribution in [0.5, 0.6) is 5.75 Å². The Hall–Kier alpha value is -2.71. The van der Waals surface area contributed by atoms with E-state index in [2.05, 4.69) is 19.9 Å². The summed E-state index contributed by atoms with van der Waals surface area (Å²) < 4.78 is 34.4. The minimum absolute atomic E-state index is 0.0317. The minimum Gasteiger partial charge on any atom is -0.458 e. The van der Waals surface area contributed by atoms with Crippen molar-refractivity contribution in [1.82, 2.24) is 0 Å². The molecule has 5 rings (SSSR count). The van der Waals surface area contributed by atoms with E-state index in [0.717, 1.165) is 38.5 Å². The molecule has 8 heteroatoms. The van der Waals surface area contributed by atoms with Crippen molar-refractivity contribution in [1.29, 1.82) is 0 Å². The van der Waals surface area contributed by atoms with Gasteiger partial charge in [0.05, 0.1) is 10.5 Å². The first kappa shape index (κ1) is 25.0. The van der Waals surface area contributed by atoms with Crippen LogP contribution < -0.4 is 9.88 Å². The fourth-order valence-corrected chi connectivity index (χ4v) is 7.97. The van der Waals surface area contributed by atoms with Crippen molar-refractivity contribution < 1.29 is 27.5 Å². The van der Waals surface area contributed by atoms with Gasteiger partial charge in [-0.3, -0.25) is 4.79 Å². The Balaban J connectivity index is 1.35. The van der Waals surface area contributed by atoms with E-state index in [1.54, 1.807) is 0 Å². The molecule has 0 saturated heterocycles. The molecule has 0 radical (unpaired) electrons. The number of ether oxygens (including phenoxy) is 2. The average molecular weight is 512 g/mol. The van der Waals surface area contributed by atoms with Crippen molar-refractivity contribution in [3.63, 3.8) is 0 Å². The molecule has 2 aromatic rings. The number of primary sulfonamides is 1. The Morgan fingerprint density at radius 3 is 2.36 bits per heavy atom. The molecule has 2 N–H and O–H groups in total. The number of aryl methyl sites for hydroxylation is 1. The molecular weight excluding hydrogens is 478 g/mol. The van der Waals surface area contributed by atoms with E-state index in [-0.39, 0.29) is 27.8 Å². The highest BCUT2D eigenvalue weighted by molar-refractivity contribution is 7.89. The molecule has 0 aliphatic heterocycles. The summed E-state index contributed by atoms with van der Waals surface area (Å²) in [5.41, 5.74) is 2.93. The lowest BCUT2D eigenvalue weighted by Gasteiger charge is -2.57. The standard InChI is InChI=1S/C28H33NO6S/c1-17(30)34-20-6-9-22-19(16-20)12-14-27(2)23(22)13-15-28(3)24(27)10-11-25(28)35-26(31)18-4-7-21(8-5-18)36(29,32)33/h4-9,16,23-25H,10-15H2,1-3H3,(H2,29,32,33)/t23-,24+,25+,27-,28+/m1/s1.